The molecule has 3 nitrogen and oxygen atoms in total. The monoisotopic (exact) mass is 291 g/mol. The number of hydrogen-bond acceptors (Lipinski definition) is 4. The molecule has 0 aromatic heterocycles. The van der Waals surface area contributed by atoms with Gasteiger partial charge < -0.3 is 0 Å². The van der Waals surface area contributed by atoms with Crippen LogP contribution < -0.4 is 0 Å². The third kappa shape index (κ3) is 3.30. The summed E-state index contributed by atoms with van der Waals surface area (Å²) in [4.78, 5) is 25.1. The molecule has 0 unspecified atom stereocenters. The van der Waals surface area contributed by atoms with Gasteiger partial charge in [0.15, 0.2) is 0 Å². The molecule has 1 fully saturated rings. The fourth-order valence-electron chi connectivity index (χ4n) is 1.67. The average molecular weight is 291 g/mol. The van der Waals surface area contributed by atoms with Crippen molar-refractivity contribution in [3.63, 3.8) is 0 Å². The van der Waals surface area contributed by atoms with Crippen molar-refractivity contribution in [1.82, 2.24) is 4.90 Å². The smallest absolute Gasteiger partial charge is 0.266 e. The van der Waals surface area contributed by atoms with E-state index in [9.17, 15) is 9.59 Å². The summed E-state index contributed by atoms with van der Waals surface area (Å²) in [6.07, 6.45) is 1.80. The number of carbonyl (C=O) groups excluding carboxylic acids is 2. The van der Waals surface area contributed by atoms with Gasteiger partial charge in [-0.25, -0.2) is 0 Å². The Hall–Kier alpha value is -1.46. The van der Waals surface area contributed by atoms with Crippen molar-refractivity contribution in [2.24, 2.45) is 0 Å². The van der Waals surface area contributed by atoms with Gasteiger partial charge in [0.05, 0.1) is 11.4 Å². The van der Waals surface area contributed by atoms with E-state index in [1.54, 1.807) is 6.08 Å². The predicted molar refractivity (Wildman–Crippen MR) is 81.7 cm³/mol. The summed E-state index contributed by atoms with van der Waals surface area (Å²) in [6, 6.07) is 7.88. The Balaban J connectivity index is 2.23. The Morgan fingerprint density at radius 3 is 2.58 bits per heavy atom. The number of amides is 1. The highest BCUT2D eigenvalue weighted by Gasteiger charge is 2.32. The summed E-state index contributed by atoms with van der Waals surface area (Å²) in [6.45, 7) is 3.51. The Bertz CT molecular complexity index is 576. The number of nitrogens with zero attached hydrogens (tertiary/aromatic N) is 1. The fourth-order valence-corrected chi connectivity index (χ4v) is 2.93. The van der Waals surface area contributed by atoms with Crippen LogP contribution in [0.25, 0.3) is 6.08 Å². The van der Waals surface area contributed by atoms with Gasteiger partial charge in [0.1, 0.15) is 10.1 Å². The highest BCUT2D eigenvalue weighted by atomic mass is 32.2. The molecular formula is C14H13NO2S2. The van der Waals surface area contributed by atoms with E-state index in [0.717, 1.165) is 5.56 Å². The van der Waals surface area contributed by atoms with Crippen molar-refractivity contribution in [2.75, 3.05) is 6.54 Å². The SMILES string of the molecule is CC(=O)CN1C(=O)/C(=C/c2ccc(C)cc2)SC1=S. The second-order valence-corrected chi connectivity index (χ2v) is 6.06. The molecule has 0 atom stereocenters. The van der Waals surface area contributed by atoms with Crippen molar-refractivity contribution < 1.29 is 9.59 Å². The van der Waals surface area contributed by atoms with Crippen LogP contribution in [-0.4, -0.2) is 27.5 Å². The van der Waals surface area contributed by atoms with Crippen LogP contribution in [0, 0.1) is 6.92 Å². The molecule has 5 heteroatoms. The summed E-state index contributed by atoms with van der Waals surface area (Å²) in [7, 11) is 0. The molecule has 0 radical (unpaired) electrons. The standard InChI is InChI=1S/C14H13NO2S2/c1-9-3-5-11(6-4-9)7-12-13(17)15(8-10(2)16)14(18)19-12/h3-7H,8H2,1-2H3/b12-7-. The van der Waals surface area contributed by atoms with Gasteiger partial charge in [-0.3, -0.25) is 14.5 Å². The van der Waals surface area contributed by atoms with Crippen LogP contribution in [-0.2, 0) is 9.59 Å². The lowest BCUT2D eigenvalue weighted by Gasteiger charge is -2.11. The number of Topliss-reactive ketones (excluding diaryl/α,β-unsaturated/α-hetero) is 1. The lowest BCUT2D eigenvalue weighted by atomic mass is 10.1. The van der Waals surface area contributed by atoms with Crippen molar-refractivity contribution >= 4 is 46.1 Å². The zero-order valence-electron chi connectivity index (χ0n) is 10.7. The van der Waals surface area contributed by atoms with E-state index in [2.05, 4.69) is 0 Å². The molecule has 1 aliphatic rings. The minimum atomic E-state index is -0.189. The van der Waals surface area contributed by atoms with Crippen molar-refractivity contribution in [3.05, 3.63) is 40.3 Å². The van der Waals surface area contributed by atoms with Crippen molar-refractivity contribution in [2.45, 2.75) is 13.8 Å². The Kier molecular flexibility index (Phi) is 4.17. The van der Waals surface area contributed by atoms with Gasteiger partial charge in [-0.15, -0.1) is 0 Å². The predicted octanol–water partition coefficient (Wildman–Crippen LogP) is 2.79. The Morgan fingerprint density at radius 1 is 1.37 bits per heavy atom. The number of carbonyl (C=O) groups is 2. The van der Waals surface area contributed by atoms with Crippen LogP contribution in [0.3, 0.4) is 0 Å². The van der Waals surface area contributed by atoms with Crippen molar-refractivity contribution in [1.29, 1.82) is 0 Å². The third-order valence-electron chi connectivity index (χ3n) is 2.63. The first kappa shape index (κ1) is 14.0. The van der Waals surface area contributed by atoms with E-state index in [-0.39, 0.29) is 18.2 Å². The van der Waals surface area contributed by atoms with Crippen molar-refractivity contribution in [3.8, 4) is 0 Å². The topological polar surface area (TPSA) is 37.4 Å². The van der Waals surface area contributed by atoms with Crippen LogP contribution in [0.1, 0.15) is 18.1 Å². The molecule has 0 saturated carbocycles. The van der Waals surface area contributed by atoms with Gasteiger partial charge >= 0.3 is 0 Å². The first-order valence-corrected chi connectivity index (χ1v) is 7.01. The molecule has 1 aliphatic heterocycles. The molecular weight excluding hydrogens is 278 g/mol. The minimum Gasteiger partial charge on any atom is -0.298 e. The third-order valence-corrected chi connectivity index (χ3v) is 4.01. The maximum Gasteiger partial charge on any atom is 0.266 e. The van der Waals surface area contributed by atoms with Gasteiger partial charge in [-0.1, -0.05) is 53.8 Å². The van der Waals surface area contributed by atoms with E-state index < -0.39 is 0 Å². The van der Waals surface area contributed by atoms with Crippen LogP contribution in [0.15, 0.2) is 29.2 Å². The zero-order valence-corrected chi connectivity index (χ0v) is 12.3. The normalized spacial score (nSPS) is 17.4. The first-order valence-electron chi connectivity index (χ1n) is 5.79. The molecule has 2 rings (SSSR count). The van der Waals surface area contributed by atoms with Crippen LogP contribution in [0.2, 0.25) is 0 Å². The highest BCUT2D eigenvalue weighted by molar-refractivity contribution is 8.26. The fraction of sp³-hybridized carbons (Fsp3) is 0.214. The summed E-state index contributed by atoms with van der Waals surface area (Å²) >= 11 is 6.36. The van der Waals surface area contributed by atoms with Gasteiger partial charge in [-0.2, -0.15) is 0 Å². The second kappa shape index (κ2) is 5.67. The number of thiocarbonyl (C=S) groups is 1. The average Bonchev–Trinajstić information content (AvgIpc) is 2.60. The van der Waals surface area contributed by atoms with Gasteiger partial charge in [0.25, 0.3) is 5.91 Å². The Morgan fingerprint density at radius 2 is 2.00 bits per heavy atom. The lowest BCUT2D eigenvalue weighted by Crippen LogP contribution is -2.32. The number of ketones is 1. The molecule has 0 aliphatic carbocycles. The summed E-state index contributed by atoms with van der Waals surface area (Å²) in [5.74, 6) is -0.265. The van der Waals surface area contributed by atoms with Crippen LogP contribution in [0.5, 0.6) is 0 Å². The lowest BCUT2D eigenvalue weighted by molar-refractivity contribution is -0.126. The number of thioether (sulfide) groups is 1. The van der Waals surface area contributed by atoms with Gasteiger partial charge in [0.2, 0.25) is 0 Å². The van der Waals surface area contributed by atoms with Crippen LogP contribution >= 0.6 is 24.0 Å². The number of benzene rings is 1. The second-order valence-electron chi connectivity index (χ2n) is 4.38. The molecule has 1 heterocycles. The van der Waals surface area contributed by atoms with E-state index in [1.807, 2.05) is 31.2 Å². The van der Waals surface area contributed by atoms with E-state index >= 15 is 0 Å². The molecule has 0 bridgehead atoms. The molecule has 1 saturated heterocycles. The quantitative estimate of drug-likeness (QED) is 0.634. The molecule has 1 aromatic carbocycles. The van der Waals surface area contributed by atoms with Crippen LogP contribution in [0.4, 0.5) is 0 Å². The summed E-state index contributed by atoms with van der Waals surface area (Å²) in [5.41, 5.74) is 2.12. The van der Waals surface area contributed by atoms with Gasteiger partial charge in [-0.05, 0) is 25.5 Å². The molecule has 1 amide bonds. The number of rotatable bonds is 3. The number of aryl methyl sites for hydroxylation is 1. The first-order chi connectivity index (χ1) is 8.97. The molecule has 19 heavy (non-hydrogen) atoms. The summed E-state index contributed by atoms with van der Waals surface area (Å²) < 4.78 is 0.443. The number of hydrogen-bond donors (Lipinski definition) is 0. The molecule has 0 spiro atoms. The zero-order chi connectivity index (χ0) is 14.0. The molecule has 98 valence electrons. The molecule has 1 aromatic rings. The van der Waals surface area contributed by atoms with Gasteiger partial charge in [0, 0.05) is 0 Å². The van der Waals surface area contributed by atoms with E-state index in [4.69, 9.17) is 12.2 Å². The molecule has 0 N–H and O–H groups in total. The maximum absolute atomic E-state index is 12.1. The largest absolute Gasteiger partial charge is 0.298 e. The maximum atomic E-state index is 12.1. The van der Waals surface area contributed by atoms with E-state index in [0.29, 0.717) is 9.23 Å². The Labute approximate surface area is 121 Å². The van der Waals surface area contributed by atoms with E-state index in [1.165, 1.54) is 29.1 Å². The highest BCUT2D eigenvalue weighted by Crippen LogP contribution is 2.32. The minimum absolute atomic E-state index is 0.0515. The summed E-state index contributed by atoms with van der Waals surface area (Å²) in [5, 5.41) is 0.